The lowest BCUT2D eigenvalue weighted by Crippen LogP contribution is -2.37. The van der Waals surface area contributed by atoms with Crippen molar-refractivity contribution < 1.29 is 9.84 Å². The van der Waals surface area contributed by atoms with Gasteiger partial charge in [-0.15, -0.1) is 0 Å². The summed E-state index contributed by atoms with van der Waals surface area (Å²) in [7, 11) is 3.69. The highest BCUT2D eigenvalue weighted by Crippen LogP contribution is 1.90. The van der Waals surface area contributed by atoms with Gasteiger partial charge in [0, 0.05) is 32.8 Å². The monoisotopic (exact) mass is 204 g/mol. The highest BCUT2D eigenvalue weighted by molar-refractivity contribution is 4.62. The first-order valence-corrected chi connectivity index (χ1v) is 5.16. The van der Waals surface area contributed by atoms with Crippen LogP contribution in [0.3, 0.4) is 0 Å². The molecule has 0 aromatic rings. The van der Waals surface area contributed by atoms with Gasteiger partial charge in [-0.1, -0.05) is 0 Å². The van der Waals surface area contributed by atoms with E-state index in [1.807, 2.05) is 0 Å². The second kappa shape index (κ2) is 8.17. The van der Waals surface area contributed by atoms with Crippen LogP contribution < -0.4 is 5.32 Å². The van der Waals surface area contributed by atoms with Crippen LogP contribution in [0.5, 0.6) is 0 Å². The van der Waals surface area contributed by atoms with Gasteiger partial charge >= 0.3 is 0 Å². The number of ether oxygens (including phenoxy) is 1. The Morgan fingerprint density at radius 3 is 2.57 bits per heavy atom. The first-order valence-electron chi connectivity index (χ1n) is 5.16. The molecule has 2 N–H and O–H groups in total. The highest BCUT2D eigenvalue weighted by atomic mass is 16.5. The van der Waals surface area contributed by atoms with E-state index in [4.69, 9.17) is 4.74 Å². The maximum absolute atomic E-state index is 9.32. The van der Waals surface area contributed by atoms with Crippen molar-refractivity contribution in [1.29, 1.82) is 0 Å². The van der Waals surface area contributed by atoms with Crippen molar-refractivity contribution in [1.82, 2.24) is 10.2 Å². The van der Waals surface area contributed by atoms with E-state index in [2.05, 4.69) is 31.1 Å². The van der Waals surface area contributed by atoms with Crippen molar-refractivity contribution in [2.75, 3.05) is 40.4 Å². The van der Waals surface area contributed by atoms with E-state index in [9.17, 15) is 5.11 Å². The Kier molecular flexibility index (Phi) is 8.08. The Morgan fingerprint density at radius 1 is 1.43 bits per heavy atom. The molecule has 0 radical (unpaired) electrons. The minimum absolute atomic E-state index is 0.396. The molecule has 0 saturated carbocycles. The lowest BCUT2D eigenvalue weighted by molar-refractivity contribution is 0.0642. The third-order valence-corrected chi connectivity index (χ3v) is 2.26. The van der Waals surface area contributed by atoms with E-state index in [-0.39, 0.29) is 0 Å². The summed E-state index contributed by atoms with van der Waals surface area (Å²) in [5.41, 5.74) is 0. The number of hydrogen-bond donors (Lipinski definition) is 2. The van der Waals surface area contributed by atoms with Gasteiger partial charge in [-0.3, -0.25) is 0 Å². The molecular formula is C10H24N2O2. The van der Waals surface area contributed by atoms with Gasteiger partial charge in [0.1, 0.15) is 0 Å². The molecule has 4 nitrogen and oxygen atoms in total. The predicted molar refractivity (Wildman–Crippen MR) is 58.5 cm³/mol. The number of aliphatic hydroxyl groups is 1. The Labute approximate surface area is 87.2 Å². The molecular weight excluding hydrogens is 180 g/mol. The molecule has 0 bridgehead atoms. The van der Waals surface area contributed by atoms with Crippen LogP contribution in [-0.2, 0) is 4.74 Å². The molecule has 86 valence electrons. The number of aliphatic hydroxyl groups excluding tert-OH is 1. The van der Waals surface area contributed by atoms with E-state index in [0.717, 1.165) is 13.1 Å². The van der Waals surface area contributed by atoms with Gasteiger partial charge in [-0.2, -0.15) is 0 Å². The summed E-state index contributed by atoms with van der Waals surface area (Å²) in [6, 6.07) is 0.570. The Hall–Kier alpha value is -0.160. The summed E-state index contributed by atoms with van der Waals surface area (Å²) in [4.78, 5) is 2.26. The zero-order valence-corrected chi connectivity index (χ0v) is 9.79. The molecule has 14 heavy (non-hydrogen) atoms. The molecule has 0 fully saturated rings. The molecule has 1 atom stereocenters. The molecule has 0 amide bonds. The maximum Gasteiger partial charge on any atom is 0.0897 e. The standard InChI is InChI=1S/C10H24N2O2/c1-9(2)12(3)6-5-11-7-10(13)8-14-4/h9-11,13H,5-8H2,1-4H3. The van der Waals surface area contributed by atoms with Crippen molar-refractivity contribution in [3.8, 4) is 0 Å². The summed E-state index contributed by atoms with van der Waals surface area (Å²) < 4.78 is 4.82. The van der Waals surface area contributed by atoms with E-state index in [1.165, 1.54) is 0 Å². The van der Waals surface area contributed by atoms with Crippen LogP contribution in [0, 0.1) is 0 Å². The van der Waals surface area contributed by atoms with Crippen LogP contribution in [0.2, 0.25) is 0 Å². The van der Waals surface area contributed by atoms with E-state index in [0.29, 0.717) is 19.2 Å². The average Bonchev–Trinajstić information content (AvgIpc) is 2.12. The number of hydrogen-bond acceptors (Lipinski definition) is 4. The fourth-order valence-corrected chi connectivity index (χ4v) is 1.03. The maximum atomic E-state index is 9.32. The quantitative estimate of drug-likeness (QED) is 0.543. The Balaban J connectivity index is 3.28. The summed E-state index contributed by atoms with van der Waals surface area (Å²) in [6.07, 6.45) is -0.399. The van der Waals surface area contributed by atoms with Crippen LogP contribution in [0.25, 0.3) is 0 Å². The van der Waals surface area contributed by atoms with Crippen LogP contribution in [-0.4, -0.2) is 62.6 Å². The smallest absolute Gasteiger partial charge is 0.0897 e. The molecule has 0 aromatic heterocycles. The minimum Gasteiger partial charge on any atom is -0.389 e. The van der Waals surface area contributed by atoms with Gasteiger partial charge < -0.3 is 20.1 Å². The molecule has 0 aromatic carbocycles. The van der Waals surface area contributed by atoms with E-state index >= 15 is 0 Å². The number of rotatable bonds is 8. The largest absolute Gasteiger partial charge is 0.389 e. The third-order valence-electron chi connectivity index (χ3n) is 2.26. The summed E-state index contributed by atoms with van der Waals surface area (Å²) in [5, 5.41) is 12.5. The second-order valence-electron chi connectivity index (χ2n) is 3.89. The number of nitrogens with zero attached hydrogens (tertiary/aromatic N) is 1. The van der Waals surface area contributed by atoms with Gasteiger partial charge in [0.05, 0.1) is 12.7 Å². The average molecular weight is 204 g/mol. The molecule has 0 aliphatic rings. The van der Waals surface area contributed by atoms with Gasteiger partial charge in [0.25, 0.3) is 0 Å². The van der Waals surface area contributed by atoms with Crippen LogP contribution >= 0.6 is 0 Å². The zero-order valence-electron chi connectivity index (χ0n) is 9.79. The lowest BCUT2D eigenvalue weighted by atomic mass is 10.3. The second-order valence-corrected chi connectivity index (χ2v) is 3.89. The molecule has 0 heterocycles. The van der Waals surface area contributed by atoms with E-state index in [1.54, 1.807) is 7.11 Å². The summed E-state index contributed by atoms with van der Waals surface area (Å²) in [6.45, 7) is 7.22. The van der Waals surface area contributed by atoms with Crippen LogP contribution in [0.15, 0.2) is 0 Å². The summed E-state index contributed by atoms with van der Waals surface area (Å²) >= 11 is 0. The molecule has 0 aliphatic carbocycles. The molecule has 4 heteroatoms. The van der Waals surface area contributed by atoms with Gasteiger partial charge in [-0.25, -0.2) is 0 Å². The molecule has 0 rings (SSSR count). The fourth-order valence-electron chi connectivity index (χ4n) is 1.03. The number of methoxy groups -OCH3 is 1. The SMILES string of the molecule is COCC(O)CNCCN(C)C(C)C. The Bertz CT molecular complexity index is 131. The first kappa shape index (κ1) is 13.8. The third kappa shape index (κ3) is 7.26. The minimum atomic E-state index is -0.399. The van der Waals surface area contributed by atoms with Crippen molar-refractivity contribution in [2.24, 2.45) is 0 Å². The molecule has 0 aliphatic heterocycles. The Morgan fingerprint density at radius 2 is 2.07 bits per heavy atom. The molecule has 0 saturated heterocycles. The first-order chi connectivity index (χ1) is 6.57. The number of nitrogens with one attached hydrogen (secondary N) is 1. The highest BCUT2D eigenvalue weighted by Gasteiger charge is 2.04. The fraction of sp³-hybridized carbons (Fsp3) is 1.00. The van der Waals surface area contributed by atoms with Gasteiger partial charge in [-0.05, 0) is 20.9 Å². The van der Waals surface area contributed by atoms with Gasteiger partial charge in [0.2, 0.25) is 0 Å². The van der Waals surface area contributed by atoms with Crippen LogP contribution in [0.1, 0.15) is 13.8 Å². The number of likely N-dealkylation sites (N-methyl/N-ethyl adjacent to an activating group) is 1. The lowest BCUT2D eigenvalue weighted by Gasteiger charge is -2.21. The van der Waals surface area contributed by atoms with Crippen molar-refractivity contribution in [3.05, 3.63) is 0 Å². The van der Waals surface area contributed by atoms with Crippen LogP contribution in [0.4, 0.5) is 0 Å². The normalized spacial score (nSPS) is 13.9. The van der Waals surface area contributed by atoms with Gasteiger partial charge in [0.15, 0.2) is 0 Å². The van der Waals surface area contributed by atoms with Crippen molar-refractivity contribution >= 4 is 0 Å². The van der Waals surface area contributed by atoms with Crippen molar-refractivity contribution in [3.63, 3.8) is 0 Å². The summed E-state index contributed by atoms with van der Waals surface area (Å²) in [5.74, 6) is 0. The van der Waals surface area contributed by atoms with E-state index < -0.39 is 6.10 Å². The van der Waals surface area contributed by atoms with Crippen molar-refractivity contribution in [2.45, 2.75) is 26.0 Å². The predicted octanol–water partition coefficient (Wildman–Crippen LogP) is -0.0765. The molecule has 0 spiro atoms. The zero-order chi connectivity index (χ0) is 11.0. The molecule has 1 unspecified atom stereocenters. The topological polar surface area (TPSA) is 44.7 Å².